The van der Waals surface area contributed by atoms with Gasteiger partial charge in [-0.2, -0.15) is 0 Å². The SMILES string of the molecule is C1=CNc2ccccc2C=N1.CCC1=c2ccc3c(c2CCC1CC)CC=c1ccccc1=3. The highest BCUT2D eigenvalue weighted by molar-refractivity contribution is 5.88. The molecule has 3 aromatic carbocycles. The summed E-state index contributed by atoms with van der Waals surface area (Å²) in [7, 11) is 0. The van der Waals surface area contributed by atoms with Crippen molar-refractivity contribution in [3.8, 4) is 0 Å². The maximum atomic E-state index is 4.04. The molecule has 1 aliphatic heterocycles. The van der Waals surface area contributed by atoms with Gasteiger partial charge in [0.1, 0.15) is 0 Å². The van der Waals surface area contributed by atoms with Crippen LogP contribution in [0, 0.1) is 16.4 Å². The number of aliphatic imine (C=N–C) groups is 1. The Morgan fingerprint density at radius 3 is 2.58 bits per heavy atom. The first-order valence-corrected chi connectivity index (χ1v) is 12.3. The Morgan fingerprint density at radius 1 is 0.879 bits per heavy atom. The van der Waals surface area contributed by atoms with Crippen molar-refractivity contribution in [3.05, 3.63) is 111 Å². The zero-order valence-electron chi connectivity index (χ0n) is 19.6. The molecular formula is C31H32N2. The highest BCUT2D eigenvalue weighted by Crippen LogP contribution is 2.29. The van der Waals surface area contributed by atoms with Gasteiger partial charge in [0, 0.05) is 29.9 Å². The van der Waals surface area contributed by atoms with Crippen LogP contribution in [0.5, 0.6) is 0 Å². The number of nitrogens with zero attached hydrogens (tertiary/aromatic N) is 1. The minimum absolute atomic E-state index is 0.801. The predicted octanol–water partition coefficient (Wildman–Crippen LogP) is 5.85. The fourth-order valence-corrected chi connectivity index (χ4v) is 5.57. The van der Waals surface area contributed by atoms with Crippen molar-refractivity contribution < 1.29 is 0 Å². The van der Waals surface area contributed by atoms with Gasteiger partial charge in [-0.3, -0.25) is 4.99 Å². The van der Waals surface area contributed by atoms with Crippen LogP contribution >= 0.6 is 0 Å². The third-order valence-electron chi connectivity index (χ3n) is 7.24. The molecule has 1 heterocycles. The molecule has 2 nitrogen and oxygen atoms in total. The smallest absolute Gasteiger partial charge is 0.0469 e. The van der Waals surface area contributed by atoms with Crippen LogP contribution in [-0.4, -0.2) is 6.21 Å². The number of hydrogen-bond donors (Lipinski definition) is 1. The van der Waals surface area contributed by atoms with Gasteiger partial charge in [0.15, 0.2) is 0 Å². The summed E-state index contributed by atoms with van der Waals surface area (Å²) in [5, 5.41) is 8.99. The largest absolute Gasteiger partial charge is 0.360 e. The molecule has 0 saturated heterocycles. The summed E-state index contributed by atoms with van der Waals surface area (Å²) < 4.78 is 0. The summed E-state index contributed by atoms with van der Waals surface area (Å²) in [5.74, 6) is 0.801. The van der Waals surface area contributed by atoms with Gasteiger partial charge in [-0.1, -0.05) is 80.1 Å². The molecule has 0 radical (unpaired) electrons. The lowest BCUT2D eigenvalue weighted by molar-refractivity contribution is 0.557. The second-order valence-electron chi connectivity index (χ2n) is 8.96. The quantitative estimate of drug-likeness (QED) is 0.540. The Morgan fingerprint density at radius 2 is 1.70 bits per heavy atom. The third-order valence-corrected chi connectivity index (χ3v) is 7.24. The van der Waals surface area contributed by atoms with E-state index in [0.717, 1.165) is 23.6 Å². The molecule has 2 heteroatoms. The molecule has 0 aromatic heterocycles. The average Bonchev–Trinajstić information content (AvgIpc) is 3.13. The number of para-hydroxylation sites is 1. The standard InChI is InChI=1S/C22H24.C9H8N2/c1-3-15-9-11-21-19(17(15)4-2)13-14-20-18-8-6-5-7-16(18)10-12-22(20)21;1-2-4-9-8(3-1)7-10-5-6-11-9/h5-8,10,13-15H,3-4,9,11-12H2,1-2H3;1-7,11H. The molecule has 1 unspecified atom stereocenters. The Balaban J connectivity index is 0.000000174. The molecule has 2 aliphatic carbocycles. The van der Waals surface area contributed by atoms with Crippen LogP contribution in [0.15, 0.2) is 78.1 Å². The zero-order chi connectivity index (χ0) is 22.6. The minimum Gasteiger partial charge on any atom is -0.360 e. The van der Waals surface area contributed by atoms with Crippen LogP contribution in [0.4, 0.5) is 5.69 Å². The van der Waals surface area contributed by atoms with Crippen molar-refractivity contribution in [2.45, 2.75) is 46.0 Å². The molecule has 0 amide bonds. The van der Waals surface area contributed by atoms with Crippen molar-refractivity contribution in [3.63, 3.8) is 0 Å². The van der Waals surface area contributed by atoms with E-state index in [4.69, 9.17) is 0 Å². The van der Waals surface area contributed by atoms with Crippen molar-refractivity contribution in [1.29, 1.82) is 0 Å². The van der Waals surface area contributed by atoms with E-state index in [-0.39, 0.29) is 0 Å². The van der Waals surface area contributed by atoms with Gasteiger partial charge >= 0.3 is 0 Å². The average molecular weight is 433 g/mol. The lowest BCUT2D eigenvalue weighted by Crippen LogP contribution is -2.26. The van der Waals surface area contributed by atoms with E-state index >= 15 is 0 Å². The zero-order valence-corrected chi connectivity index (χ0v) is 19.6. The van der Waals surface area contributed by atoms with Crippen molar-refractivity contribution in [1.82, 2.24) is 0 Å². The number of benzene rings is 3. The fourth-order valence-electron chi connectivity index (χ4n) is 5.57. The lowest BCUT2D eigenvalue weighted by Gasteiger charge is -2.26. The normalized spacial score (nSPS) is 17.2. The van der Waals surface area contributed by atoms with Gasteiger partial charge < -0.3 is 5.32 Å². The Bertz CT molecular complexity index is 1440. The van der Waals surface area contributed by atoms with Gasteiger partial charge in [-0.25, -0.2) is 0 Å². The molecule has 0 saturated carbocycles. The van der Waals surface area contributed by atoms with Crippen molar-refractivity contribution >= 4 is 23.6 Å². The molecule has 166 valence electrons. The van der Waals surface area contributed by atoms with E-state index in [2.05, 4.69) is 66.6 Å². The molecule has 3 aromatic rings. The first-order valence-electron chi connectivity index (χ1n) is 12.3. The van der Waals surface area contributed by atoms with Crippen LogP contribution in [0.2, 0.25) is 0 Å². The summed E-state index contributed by atoms with van der Waals surface area (Å²) in [6.45, 7) is 4.67. The summed E-state index contributed by atoms with van der Waals surface area (Å²) in [6, 6.07) is 21.7. The molecule has 33 heavy (non-hydrogen) atoms. The number of anilines is 1. The van der Waals surface area contributed by atoms with E-state index in [1.807, 2.05) is 36.7 Å². The van der Waals surface area contributed by atoms with Crippen LogP contribution in [0.1, 0.15) is 49.8 Å². The first-order chi connectivity index (χ1) is 16.3. The molecule has 0 spiro atoms. The predicted molar refractivity (Wildman–Crippen MR) is 141 cm³/mol. The van der Waals surface area contributed by atoms with E-state index in [9.17, 15) is 0 Å². The Labute approximate surface area is 196 Å². The molecule has 6 rings (SSSR count). The monoisotopic (exact) mass is 432 g/mol. The van der Waals surface area contributed by atoms with Crippen LogP contribution in [0.25, 0.3) is 11.6 Å². The fraction of sp³-hybridized carbons (Fsp3) is 0.258. The first kappa shape index (κ1) is 21.5. The van der Waals surface area contributed by atoms with Crippen LogP contribution < -0.4 is 15.8 Å². The lowest BCUT2D eigenvalue weighted by atomic mass is 9.78. The van der Waals surface area contributed by atoms with E-state index in [1.165, 1.54) is 41.3 Å². The highest BCUT2D eigenvalue weighted by Gasteiger charge is 2.21. The van der Waals surface area contributed by atoms with Gasteiger partial charge in [0.2, 0.25) is 0 Å². The van der Waals surface area contributed by atoms with E-state index < -0.39 is 0 Å². The second-order valence-corrected chi connectivity index (χ2v) is 8.96. The topological polar surface area (TPSA) is 24.4 Å². The third kappa shape index (κ3) is 4.18. The Kier molecular flexibility index (Phi) is 6.26. The van der Waals surface area contributed by atoms with Gasteiger partial charge in [0.25, 0.3) is 0 Å². The maximum Gasteiger partial charge on any atom is 0.0469 e. The molecule has 3 aliphatic rings. The molecule has 0 bridgehead atoms. The van der Waals surface area contributed by atoms with Crippen LogP contribution in [0.3, 0.4) is 0 Å². The summed E-state index contributed by atoms with van der Waals surface area (Å²) in [6.07, 6.45) is 14.0. The number of rotatable bonds is 2. The van der Waals surface area contributed by atoms with Crippen molar-refractivity contribution in [2.24, 2.45) is 10.9 Å². The van der Waals surface area contributed by atoms with Gasteiger partial charge in [-0.15, -0.1) is 0 Å². The number of hydrogen-bond acceptors (Lipinski definition) is 2. The van der Waals surface area contributed by atoms with E-state index in [0.29, 0.717) is 0 Å². The number of nitrogens with one attached hydrogen (secondary N) is 1. The molecule has 1 atom stereocenters. The Hall–Kier alpha value is -3.39. The summed E-state index contributed by atoms with van der Waals surface area (Å²) >= 11 is 0. The highest BCUT2D eigenvalue weighted by atomic mass is 14.9. The van der Waals surface area contributed by atoms with Gasteiger partial charge in [-0.05, 0) is 76.1 Å². The summed E-state index contributed by atoms with van der Waals surface area (Å²) in [4.78, 5) is 4.04. The number of fused-ring (bicyclic) bond motifs is 5. The molecule has 1 N–H and O–H groups in total. The van der Waals surface area contributed by atoms with Crippen LogP contribution in [-0.2, 0) is 12.8 Å². The summed E-state index contributed by atoms with van der Waals surface area (Å²) in [5.41, 5.74) is 7.16. The second kappa shape index (κ2) is 9.62. The van der Waals surface area contributed by atoms with Gasteiger partial charge in [0.05, 0.1) is 0 Å². The molecular weight excluding hydrogens is 400 g/mol. The minimum atomic E-state index is 0.801. The van der Waals surface area contributed by atoms with E-state index in [1.54, 1.807) is 28.1 Å². The molecule has 0 fully saturated rings. The maximum absolute atomic E-state index is 4.04. The van der Waals surface area contributed by atoms with Crippen molar-refractivity contribution in [2.75, 3.05) is 5.32 Å².